The molecule has 1 atom stereocenters. The van der Waals surface area contributed by atoms with Crippen molar-refractivity contribution in [2.45, 2.75) is 25.5 Å². The fourth-order valence-corrected chi connectivity index (χ4v) is 1.55. The number of nitrogens with zero attached hydrogens (tertiary/aromatic N) is 1. The second-order valence-electron chi connectivity index (χ2n) is 4.12. The molecule has 0 heterocycles. The Morgan fingerprint density at radius 2 is 1.93 bits per heavy atom. The standard InChI is InChI=1S/C11H14ClNOS/c1-11(2,3)15(14)13-8-9-6-4-5-7-10(9)12/h4-8H,1-3H3. The van der Waals surface area contributed by atoms with Crippen LogP contribution in [0.1, 0.15) is 26.3 Å². The highest BCUT2D eigenvalue weighted by Gasteiger charge is 2.18. The molecule has 0 aliphatic carbocycles. The van der Waals surface area contributed by atoms with Gasteiger partial charge in [0, 0.05) is 16.8 Å². The summed E-state index contributed by atoms with van der Waals surface area (Å²) in [5.74, 6) is 0. The van der Waals surface area contributed by atoms with Crippen LogP contribution in [-0.2, 0) is 11.0 Å². The van der Waals surface area contributed by atoms with Crippen molar-refractivity contribution in [3.8, 4) is 0 Å². The van der Waals surface area contributed by atoms with Gasteiger partial charge in [-0.2, -0.15) is 4.40 Å². The molecule has 0 bridgehead atoms. The van der Waals surface area contributed by atoms with E-state index < -0.39 is 11.0 Å². The lowest BCUT2D eigenvalue weighted by Gasteiger charge is -2.12. The van der Waals surface area contributed by atoms with Gasteiger partial charge in [0.1, 0.15) is 11.0 Å². The Morgan fingerprint density at radius 1 is 1.33 bits per heavy atom. The number of rotatable bonds is 2. The van der Waals surface area contributed by atoms with Crippen LogP contribution < -0.4 is 0 Å². The molecule has 0 fully saturated rings. The third kappa shape index (κ3) is 3.76. The molecule has 0 aromatic heterocycles. The number of hydrogen-bond donors (Lipinski definition) is 0. The van der Waals surface area contributed by atoms with Gasteiger partial charge in [0.25, 0.3) is 0 Å². The van der Waals surface area contributed by atoms with Gasteiger partial charge >= 0.3 is 0 Å². The first-order chi connectivity index (χ1) is 6.91. The number of halogens is 1. The molecular weight excluding hydrogens is 230 g/mol. The van der Waals surface area contributed by atoms with E-state index in [1.165, 1.54) is 0 Å². The summed E-state index contributed by atoms with van der Waals surface area (Å²) in [4.78, 5) is 0. The van der Waals surface area contributed by atoms with E-state index in [-0.39, 0.29) is 4.75 Å². The maximum Gasteiger partial charge on any atom is 0.144 e. The minimum absolute atomic E-state index is 0.336. The average molecular weight is 244 g/mol. The maximum atomic E-state index is 11.6. The Morgan fingerprint density at radius 3 is 2.47 bits per heavy atom. The Hall–Kier alpha value is -0.670. The van der Waals surface area contributed by atoms with Gasteiger partial charge in [-0.3, -0.25) is 0 Å². The Labute approximate surface area is 98.0 Å². The van der Waals surface area contributed by atoms with Crippen LogP contribution in [0.3, 0.4) is 0 Å². The summed E-state index contributed by atoms with van der Waals surface area (Å²) in [6.45, 7) is 5.65. The van der Waals surface area contributed by atoms with Gasteiger partial charge in [-0.05, 0) is 26.8 Å². The molecule has 0 saturated carbocycles. The second-order valence-corrected chi connectivity index (χ2v) is 6.46. The normalized spacial score (nSPS) is 14.4. The van der Waals surface area contributed by atoms with Gasteiger partial charge in [-0.25, -0.2) is 4.21 Å². The fourth-order valence-electron chi connectivity index (χ4n) is 0.843. The largest absolute Gasteiger partial charge is 0.234 e. The zero-order valence-electron chi connectivity index (χ0n) is 9.03. The van der Waals surface area contributed by atoms with E-state index >= 15 is 0 Å². The highest BCUT2D eigenvalue weighted by Crippen LogP contribution is 2.15. The van der Waals surface area contributed by atoms with Crippen LogP contribution in [0.5, 0.6) is 0 Å². The van der Waals surface area contributed by atoms with Crippen molar-refractivity contribution in [2.75, 3.05) is 0 Å². The van der Waals surface area contributed by atoms with E-state index in [2.05, 4.69) is 4.40 Å². The molecule has 0 aliphatic heterocycles. The molecule has 0 radical (unpaired) electrons. The SMILES string of the molecule is CC(C)(C)S(=O)N=Cc1ccccc1Cl. The monoisotopic (exact) mass is 243 g/mol. The summed E-state index contributed by atoms with van der Waals surface area (Å²) in [7, 11) is -1.24. The highest BCUT2D eigenvalue weighted by atomic mass is 35.5. The molecule has 1 aromatic rings. The van der Waals surface area contributed by atoms with E-state index in [4.69, 9.17) is 11.6 Å². The second kappa shape index (κ2) is 4.90. The average Bonchev–Trinajstić information content (AvgIpc) is 2.14. The van der Waals surface area contributed by atoms with E-state index in [0.717, 1.165) is 5.56 Å². The molecule has 1 unspecified atom stereocenters. The summed E-state index contributed by atoms with van der Waals surface area (Å²) >= 11 is 5.93. The Bertz CT molecular complexity index is 396. The van der Waals surface area contributed by atoms with Crippen LogP contribution in [0.4, 0.5) is 0 Å². The third-order valence-electron chi connectivity index (χ3n) is 1.72. The molecule has 15 heavy (non-hydrogen) atoms. The fraction of sp³-hybridized carbons (Fsp3) is 0.364. The minimum Gasteiger partial charge on any atom is -0.234 e. The van der Waals surface area contributed by atoms with Crippen LogP contribution in [0.25, 0.3) is 0 Å². The summed E-state index contributed by atoms with van der Waals surface area (Å²) in [6, 6.07) is 7.34. The lowest BCUT2D eigenvalue weighted by molar-refractivity contribution is 0.651. The molecule has 2 nitrogen and oxygen atoms in total. The van der Waals surface area contributed by atoms with Crippen LogP contribution in [0, 0.1) is 0 Å². The van der Waals surface area contributed by atoms with Crippen LogP contribution in [0.15, 0.2) is 28.7 Å². The summed E-state index contributed by atoms with van der Waals surface area (Å²) in [5.41, 5.74) is 0.789. The quantitative estimate of drug-likeness (QED) is 0.734. The first-order valence-electron chi connectivity index (χ1n) is 4.62. The van der Waals surface area contributed by atoms with Crippen molar-refractivity contribution in [3.63, 3.8) is 0 Å². The lowest BCUT2D eigenvalue weighted by atomic mass is 10.2. The summed E-state index contributed by atoms with van der Waals surface area (Å²) in [6.07, 6.45) is 1.56. The molecule has 0 amide bonds. The van der Waals surface area contributed by atoms with Gasteiger partial charge in [-0.15, -0.1) is 0 Å². The molecule has 4 heteroatoms. The minimum atomic E-state index is -1.24. The molecule has 0 saturated heterocycles. The summed E-state index contributed by atoms with van der Waals surface area (Å²) in [5, 5.41) is 0.618. The van der Waals surface area contributed by atoms with Gasteiger partial charge in [0.05, 0.1) is 4.75 Å². The van der Waals surface area contributed by atoms with Gasteiger partial charge in [0.15, 0.2) is 0 Å². The Balaban J connectivity index is 2.84. The molecule has 82 valence electrons. The highest BCUT2D eigenvalue weighted by molar-refractivity contribution is 7.85. The van der Waals surface area contributed by atoms with E-state index in [1.54, 1.807) is 12.3 Å². The smallest absolute Gasteiger partial charge is 0.144 e. The van der Waals surface area contributed by atoms with Crippen LogP contribution in [0.2, 0.25) is 5.02 Å². The van der Waals surface area contributed by atoms with Crippen molar-refractivity contribution >= 4 is 28.8 Å². The first kappa shape index (κ1) is 12.4. The maximum absolute atomic E-state index is 11.6. The topological polar surface area (TPSA) is 29.4 Å². The van der Waals surface area contributed by atoms with Crippen LogP contribution >= 0.6 is 11.6 Å². The Kier molecular flexibility index (Phi) is 4.05. The van der Waals surface area contributed by atoms with Crippen molar-refractivity contribution in [1.29, 1.82) is 0 Å². The molecule has 1 rings (SSSR count). The number of hydrogen-bond acceptors (Lipinski definition) is 1. The molecule has 0 spiro atoms. The molecular formula is C11H14ClNOS. The van der Waals surface area contributed by atoms with Gasteiger partial charge < -0.3 is 0 Å². The van der Waals surface area contributed by atoms with Crippen LogP contribution in [-0.4, -0.2) is 15.2 Å². The van der Waals surface area contributed by atoms with E-state index in [9.17, 15) is 4.21 Å². The zero-order chi connectivity index (χ0) is 11.5. The molecule has 0 aliphatic rings. The van der Waals surface area contributed by atoms with Gasteiger partial charge in [-0.1, -0.05) is 29.8 Å². The van der Waals surface area contributed by atoms with Crippen molar-refractivity contribution in [1.82, 2.24) is 0 Å². The zero-order valence-corrected chi connectivity index (χ0v) is 10.6. The lowest BCUT2D eigenvalue weighted by Crippen LogP contribution is -2.19. The van der Waals surface area contributed by atoms with E-state index in [0.29, 0.717) is 5.02 Å². The molecule has 0 N–H and O–H groups in total. The molecule has 1 aromatic carbocycles. The predicted molar refractivity (Wildman–Crippen MR) is 66.9 cm³/mol. The first-order valence-corrected chi connectivity index (χ1v) is 6.10. The predicted octanol–water partition coefficient (Wildman–Crippen LogP) is 3.22. The summed E-state index contributed by atoms with van der Waals surface area (Å²) < 4.78 is 15.3. The number of benzene rings is 1. The third-order valence-corrected chi connectivity index (χ3v) is 3.41. The van der Waals surface area contributed by atoms with E-state index in [1.807, 2.05) is 39.0 Å². The van der Waals surface area contributed by atoms with Crippen molar-refractivity contribution in [2.24, 2.45) is 4.40 Å². The van der Waals surface area contributed by atoms with Gasteiger partial charge in [0.2, 0.25) is 0 Å². The van der Waals surface area contributed by atoms with Crippen molar-refractivity contribution in [3.05, 3.63) is 34.9 Å². The van der Waals surface area contributed by atoms with Crippen molar-refractivity contribution < 1.29 is 4.21 Å².